The van der Waals surface area contributed by atoms with Crippen molar-refractivity contribution in [1.29, 1.82) is 0 Å². The molecule has 6 aromatic rings. The average Bonchev–Trinajstić information content (AvgIpc) is 3.96. The first-order chi connectivity index (χ1) is 25.3. The Morgan fingerprint density at radius 1 is 0.981 bits per heavy atom. The van der Waals surface area contributed by atoms with E-state index in [0.717, 1.165) is 62.8 Å². The second-order valence-corrected chi connectivity index (χ2v) is 15.0. The monoisotopic (exact) mass is 693 g/mol. The van der Waals surface area contributed by atoms with Crippen molar-refractivity contribution in [2.24, 2.45) is 17.8 Å². The van der Waals surface area contributed by atoms with Crippen molar-refractivity contribution in [2.45, 2.75) is 71.1 Å². The van der Waals surface area contributed by atoms with Crippen LogP contribution in [-0.4, -0.2) is 32.9 Å². The number of amides is 1. The molecular weight excluding hydrogens is 654 g/mol. The molecule has 0 saturated carbocycles. The molecule has 3 aromatic carbocycles. The van der Waals surface area contributed by atoms with Crippen LogP contribution in [0.5, 0.6) is 5.75 Å². The standard InChI is InChI=1S/C42H39N5O5/c1-5-22(6-2)30(48)17-23-15-21-13-14-31-28(16-21)42-27-11-7-10-25(35(27)47-41(42)51-31)24-9-8-12-29-33(24)26(18-43-29)32-19-44-39(50-32)36-37(42)52-40(46-36)34(20(3)4)45-38(23)49/h7-14,16,18-20,22-23,34,41,43,47H,5-6,15,17H2,1-4H3,(H,45,49)/t23?,34-,41?,42-/m0/s1. The Labute approximate surface area is 300 Å². The number of carbonyl (C=O) groups excluding carboxylic acids is 2. The summed E-state index contributed by atoms with van der Waals surface area (Å²) in [6.07, 6.45) is 5.16. The maximum atomic E-state index is 14.3. The first-order valence-corrected chi connectivity index (χ1v) is 18.4. The molecular formula is C42H39N5O5. The van der Waals surface area contributed by atoms with Gasteiger partial charge < -0.3 is 29.2 Å². The highest BCUT2D eigenvalue weighted by Crippen LogP contribution is 2.61. The van der Waals surface area contributed by atoms with Crippen LogP contribution in [0.25, 0.3) is 44.9 Å². The fraction of sp³-hybridized carbons (Fsp3) is 0.333. The number of benzene rings is 3. The molecule has 0 fully saturated rings. The van der Waals surface area contributed by atoms with Gasteiger partial charge in [-0.2, -0.15) is 0 Å². The van der Waals surface area contributed by atoms with Crippen LogP contribution >= 0.6 is 0 Å². The fourth-order valence-corrected chi connectivity index (χ4v) is 9.13. The number of hydrogen-bond donors (Lipinski definition) is 3. The number of aromatic nitrogens is 3. The van der Waals surface area contributed by atoms with Crippen LogP contribution in [0, 0.1) is 17.8 Å². The Morgan fingerprint density at radius 2 is 1.81 bits per heavy atom. The largest absolute Gasteiger partial charge is 0.469 e. The van der Waals surface area contributed by atoms with E-state index in [0.29, 0.717) is 41.2 Å². The third kappa shape index (κ3) is 4.17. The molecule has 0 radical (unpaired) electrons. The minimum atomic E-state index is -0.995. The first-order valence-electron chi connectivity index (χ1n) is 18.4. The number of carbonyl (C=O) groups is 2. The molecule has 10 rings (SSSR count). The first kappa shape index (κ1) is 31.1. The lowest BCUT2D eigenvalue weighted by Crippen LogP contribution is -2.40. The van der Waals surface area contributed by atoms with Crippen molar-refractivity contribution in [3.05, 3.63) is 95.3 Å². The molecule has 3 aromatic heterocycles. The van der Waals surface area contributed by atoms with Gasteiger partial charge in [-0.3, -0.25) is 9.59 Å². The molecule has 4 aliphatic rings. The lowest BCUT2D eigenvalue weighted by Gasteiger charge is -2.28. The molecule has 4 atom stereocenters. The summed E-state index contributed by atoms with van der Waals surface area (Å²) in [5, 5.41) is 8.11. The highest BCUT2D eigenvalue weighted by atomic mass is 16.5. The van der Waals surface area contributed by atoms with Crippen LogP contribution in [0.2, 0.25) is 0 Å². The van der Waals surface area contributed by atoms with E-state index in [1.807, 2.05) is 46.0 Å². The second-order valence-electron chi connectivity index (χ2n) is 15.0. The zero-order chi connectivity index (χ0) is 35.5. The number of para-hydroxylation sites is 1. The van der Waals surface area contributed by atoms with Gasteiger partial charge in [0.1, 0.15) is 23.0 Å². The number of rotatable bonds is 6. The number of aromatic amines is 1. The number of ether oxygens (including phenoxy) is 1. The van der Waals surface area contributed by atoms with Gasteiger partial charge in [-0.25, -0.2) is 9.97 Å². The van der Waals surface area contributed by atoms with Crippen molar-refractivity contribution in [2.75, 3.05) is 5.32 Å². The van der Waals surface area contributed by atoms with Crippen molar-refractivity contribution < 1.29 is 23.2 Å². The Morgan fingerprint density at radius 3 is 2.63 bits per heavy atom. The Bertz CT molecular complexity index is 2450. The maximum Gasteiger partial charge on any atom is 0.249 e. The van der Waals surface area contributed by atoms with E-state index in [9.17, 15) is 9.59 Å². The van der Waals surface area contributed by atoms with E-state index in [1.54, 1.807) is 6.20 Å². The summed E-state index contributed by atoms with van der Waals surface area (Å²) in [6.45, 7) is 8.13. The van der Waals surface area contributed by atoms with Crippen molar-refractivity contribution >= 4 is 28.3 Å². The number of nitrogens with one attached hydrogen (secondary N) is 3. The minimum absolute atomic E-state index is 0.0827. The summed E-state index contributed by atoms with van der Waals surface area (Å²) in [7, 11) is 0. The van der Waals surface area contributed by atoms with Crippen molar-refractivity contribution in [1.82, 2.24) is 20.3 Å². The molecule has 0 saturated heterocycles. The topological polar surface area (TPSA) is 135 Å². The predicted molar refractivity (Wildman–Crippen MR) is 196 cm³/mol. The molecule has 52 heavy (non-hydrogen) atoms. The van der Waals surface area contributed by atoms with Gasteiger partial charge in [0.05, 0.1) is 6.20 Å². The number of Topliss-reactive ketones (excluding diaryl/α,β-unsaturated/α-hetero) is 1. The summed E-state index contributed by atoms with van der Waals surface area (Å²) in [5.74, 6) is 1.69. The normalized spacial score (nSPS) is 22.0. The van der Waals surface area contributed by atoms with E-state index < -0.39 is 23.6 Å². The van der Waals surface area contributed by atoms with Gasteiger partial charge in [0, 0.05) is 63.3 Å². The second kappa shape index (κ2) is 11.2. The summed E-state index contributed by atoms with van der Waals surface area (Å²) in [5.41, 5.74) is 7.17. The Hall–Kier alpha value is -5.64. The number of nitrogens with zero attached hydrogens (tertiary/aromatic N) is 2. The smallest absolute Gasteiger partial charge is 0.249 e. The number of fused-ring (bicyclic) bond motifs is 7. The van der Waals surface area contributed by atoms with Crippen LogP contribution in [0.3, 0.4) is 0 Å². The molecule has 0 aliphatic carbocycles. The van der Waals surface area contributed by atoms with Gasteiger partial charge in [0.25, 0.3) is 0 Å². The molecule has 10 heteroatoms. The third-order valence-corrected chi connectivity index (χ3v) is 11.8. The molecule has 1 spiro atoms. The van der Waals surface area contributed by atoms with Gasteiger partial charge in [-0.1, -0.05) is 70.2 Å². The molecule has 3 N–H and O–H groups in total. The number of hydrogen-bond acceptors (Lipinski definition) is 8. The quantitative estimate of drug-likeness (QED) is 0.159. The number of anilines is 1. The van der Waals surface area contributed by atoms with Crippen LogP contribution in [-0.2, 0) is 21.4 Å². The molecule has 7 heterocycles. The lowest BCUT2D eigenvalue weighted by atomic mass is 9.72. The Kier molecular flexibility index (Phi) is 6.69. The van der Waals surface area contributed by atoms with Gasteiger partial charge in [0.2, 0.25) is 17.7 Å². The van der Waals surface area contributed by atoms with Crippen molar-refractivity contribution in [3.8, 4) is 39.8 Å². The summed E-state index contributed by atoms with van der Waals surface area (Å²) in [6, 6.07) is 18.2. The number of H-pyrrole nitrogens is 1. The average molecular weight is 694 g/mol. The van der Waals surface area contributed by atoms with Gasteiger partial charge in [-0.05, 0) is 48.4 Å². The minimum Gasteiger partial charge on any atom is -0.469 e. The van der Waals surface area contributed by atoms with Crippen LogP contribution in [0.15, 0.2) is 75.8 Å². The van der Waals surface area contributed by atoms with Crippen LogP contribution in [0.4, 0.5) is 5.69 Å². The van der Waals surface area contributed by atoms with E-state index in [1.165, 1.54) is 0 Å². The van der Waals surface area contributed by atoms with E-state index in [4.69, 9.17) is 23.5 Å². The van der Waals surface area contributed by atoms with Gasteiger partial charge in [-0.15, -0.1) is 0 Å². The third-order valence-electron chi connectivity index (χ3n) is 11.8. The molecule has 4 aliphatic heterocycles. The predicted octanol–water partition coefficient (Wildman–Crippen LogP) is 8.32. The molecule has 10 bridgehead atoms. The van der Waals surface area contributed by atoms with Crippen LogP contribution in [0.1, 0.15) is 81.3 Å². The maximum absolute atomic E-state index is 14.3. The zero-order valence-corrected chi connectivity index (χ0v) is 29.5. The molecule has 1 amide bonds. The van der Waals surface area contributed by atoms with Crippen LogP contribution < -0.4 is 15.4 Å². The SMILES string of the molecule is CCC(CC)C(=O)CC1Cc2ccc3c(c2)[C@]24c5cccc(c5NC2O3)-c2cccc3[nH]cc(c23)-c2cnc(o2)-c2nc(oc24)[C@H](C(C)C)NC1=O. The highest BCUT2D eigenvalue weighted by molar-refractivity contribution is 6.07. The number of oxazole rings is 2. The fourth-order valence-electron chi connectivity index (χ4n) is 9.13. The lowest BCUT2D eigenvalue weighted by molar-refractivity contribution is -0.132. The molecule has 10 nitrogen and oxygen atoms in total. The summed E-state index contributed by atoms with van der Waals surface area (Å²) < 4.78 is 20.5. The van der Waals surface area contributed by atoms with Gasteiger partial charge in [0.15, 0.2) is 23.4 Å². The summed E-state index contributed by atoms with van der Waals surface area (Å²) >= 11 is 0. The van der Waals surface area contributed by atoms with Crippen molar-refractivity contribution in [3.63, 3.8) is 0 Å². The van der Waals surface area contributed by atoms with E-state index in [-0.39, 0.29) is 29.9 Å². The molecule has 2 unspecified atom stereocenters. The summed E-state index contributed by atoms with van der Waals surface area (Å²) in [4.78, 5) is 41.3. The number of ketones is 1. The Balaban J connectivity index is 1.28. The highest BCUT2D eigenvalue weighted by Gasteiger charge is 2.61. The van der Waals surface area contributed by atoms with Gasteiger partial charge >= 0.3 is 0 Å². The van der Waals surface area contributed by atoms with E-state index in [2.05, 4.69) is 58.1 Å². The van der Waals surface area contributed by atoms with E-state index >= 15 is 0 Å². The zero-order valence-electron chi connectivity index (χ0n) is 29.5. The molecule has 262 valence electrons.